The highest BCUT2D eigenvalue weighted by atomic mass is 16.5. The molecule has 5 heteroatoms. The molecule has 1 aromatic carbocycles. The predicted molar refractivity (Wildman–Crippen MR) is 71.6 cm³/mol. The molecule has 1 amide bonds. The van der Waals surface area contributed by atoms with Gasteiger partial charge in [-0.1, -0.05) is 0 Å². The number of fused-ring (bicyclic) bond motifs is 1. The molecule has 0 saturated heterocycles. The second-order valence-corrected chi connectivity index (χ2v) is 4.68. The fourth-order valence-corrected chi connectivity index (χ4v) is 2.04. The van der Waals surface area contributed by atoms with Crippen LogP contribution in [0.15, 0.2) is 18.2 Å². The molecular formula is C13H19N3O2. The third-order valence-electron chi connectivity index (χ3n) is 2.97. The van der Waals surface area contributed by atoms with E-state index in [1.54, 1.807) is 23.1 Å². The average molecular weight is 249 g/mol. The van der Waals surface area contributed by atoms with Gasteiger partial charge in [0.05, 0.1) is 5.69 Å². The minimum Gasteiger partial charge on any atom is -0.482 e. The van der Waals surface area contributed by atoms with Crippen molar-refractivity contribution in [2.75, 3.05) is 23.8 Å². The van der Waals surface area contributed by atoms with Gasteiger partial charge in [0.1, 0.15) is 5.75 Å². The number of anilines is 2. The molecule has 1 atom stereocenters. The van der Waals surface area contributed by atoms with Gasteiger partial charge in [-0.15, -0.1) is 0 Å². The summed E-state index contributed by atoms with van der Waals surface area (Å²) in [5.41, 5.74) is 12.9. The molecule has 0 aliphatic carbocycles. The van der Waals surface area contributed by atoms with Gasteiger partial charge in [0.2, 0.25) is 0 Å². The number of nitrogens with two attached hydrogens (primary N) is 2. The highest BCUT2D eigenvalue weighted by molar-refractivity contribution is 5.98. The van der Waals surface area contributed by atoms with Gasteiger partial charge in [0.15, 0.2) is 6.61 Å². The largest absolute Gasteiger partial charge is 0.482 e. The third kappa shape index (κ3) is 2.73. The first-order valence-electron chi connectivity index (χ1n) is 6.16. The number of hydrogen-bond donors (Lipinski definition) is 2. The quantitative estimate of drug-likeness (QED) is 0.783. The molecule has 2 rings (SSSR count). The summed E-state index contributed by atoms with van der Waals surface area (Å²) in [5.74, 6) is 0.683. The maximum Gasteiger partial charge on any atom is 0.265 e. The van der Waals surface area contributed by atoms with Crippen molar-refractivity contribution in [1.82, 2.24) is 0 Å². The van der Waals surface area contributed by atoms with Gasteiger partial charge in [0.25, 0.3) is 5.91 Å². The SMILES string of the molecule is CC(N)CCCN1C(=O)COc2ccc(N)cc21. The fourth-order valence-electron chi connectivity index (χ4n) is 2.04. The summed E-state index contributed by atoms with van der Waals surface area (Å²) in [7, 11) is 0. The molecule has 0 bridgehead atoms. The standard InChI is InChI=1S/C13H19N3O2/c1-9(14)3-2-6-16-11-7-10(15)4-5-12(11)18-8-13(16)17/h4-5,7,9H,2-3,6,8,14-15H2,1H3. The van der Waals surface area contributed by atoms with E-state index < -0.39 is 0 Å². The summed E-state index contributed by atoms with van der Waals surface area (Å²) in [6, 6.07) is 5.50. The van der Waals surface area contributed by atoms with E-state index in [1.165, 1.54) is 0 Å². The Morgan fingerprint density at radius 3 is 3.00 bits per heavy atom. The first-order chi connectivity index (χ1) is 8.58. The number of ether oxygens (including phenoxy) is 1. The molecule has 18 heavy (non-hydrogen) atoms. The zero-order chi connectivity index (χ0) is 13.1. The van der Waals surface area contributed by atoms with Crippen LogP contribution in [0, 0.1) is 0 Å². The first-order valence-corrected chi connectivity index (χ1v) is 6.16. The van der Waals surface area contributed by atoms with E-state index in [4.69, 9.17) is 16.2 Å². The Balaban J connectivity index is 2.14. The lowest BCUT2D eigenvalue weighted by Gasteiger charge is -2.29. The van der Waals surface area contributed by atoms with Crippen molar-refractivity contribution in [3.8, 4) is 5.75 Å². The zero-order valence-electron chi connectivity index (χ0n) is 10.6. The minimum atomic E-state index is -0.0298. The molecule has 0 spiro atoms. The van der Waals surface area contributed by atoms with E-state index in [0.29, 0.717) is 18.0 Å². The van der Waals surface area contributed by atoms with Crippen LogP contribution in [-0.2, 0) is 4.79 Å². The second-order valence-electron chi connectivity index (χ2n) is 4.68. The van der Waals surface area contributed by atoms with E-state index in [0.717, 1.165) is 18.5 Å². The molecule has 1 unspecified atom stereocenters. The average Bonchev–Trinajstić information content (AvgIpc) is 2.31. The summed E-state index contributed by atoms with van der Waals surface area (Å²) in [4.78, 5) is 13.6. The van der Waals surface area contributed by atoms with E-state index in [-0.39, 0.29) is 18.6 Å². The maximum atomic E-state index is 11.9. The number of rotatable bonds is 4. The monoisotopic (exact) mass is 249 g/mol. The summed E-state index contributed by atoms with van der Waals surface area (Å²) in [5, 5.41) is 0. The van der Waals surface area contributed by atoms with Crippen LogP contribution in [0.4, 0.5) is 11.4 Å². The van der Waals surface area contributed by atoms with Crippen LogP contribution >= 0.6 is 0 Å². The van der Waals surface area contributed by atoms with Crippen molar-refractivity contribution < 1.29 is 9.53 Å². The Morgan fingerprint density at radius 2 is 2.28 bits per heavy atom. The fraction of sp³-hybridized carbons (Fsp3) is 0.462. The lowest BCUT2D eigenvalue weighted by molar-refractivity contribution is -0.121. The Labute approximate surface area is 107 Å². The van der Waals surface area contributed by atoms with Crippen LogP contribution in [0.3, 0.4) is 0 Å². The molecule has 4 N–H and O–H groups in total. The van der Waals surface area contributed by atoms with Gasteiger partial charge in [-0.2, -0.15) is 0 Å². The lowest BCUT2D eigenvalue weighted by Crippen LogP contribution is -2.39. The Kier molecular flexibility index (Phi) is 3.72. The molecule has 0 radical (unpaired) electrons. The molecule has 1 heterocycles. The smallest absolute Gasteiger partial charge is 0.265 e. The highest BCUT2D eigenvalue weighted by Gasteiger charge is 2.25. The Bertz CT molecular complexity index is 446. The van der Waals surface area contributed by atoms with E-state index in [2.05, 4.69) is 0 Å². The topological polar surface area (TPSA) is 81.6 Å². The van der Waals surface area contributed by atoms with Crippen LogP contribution in [0.2, 0.25) is 0 Å². The molecular weight excluding hydrogens is 230 g/mol. The number of carbonyl (C=O) groups excluding carboxylic acids is 1. The maximum absolute atomic E-state index is 11.9. The van der Waals surface area contributed by atoms with Crippen molar-refractivity contribution in [1.29, 1.82) is 0 Å². The molecule has 98 valence electrons. The van der Waals surface area contributed by atoms with E-state index in [9.17, 15) is 4.79 Å². The van der Waals surface area contributed by atoms with Gasteiger partial charge >= 0.3 is 0 Å². The summed E-state index contributed by atoms with van der Waals surface area (Å²) in [6.07, 6.45) is 1.76. The van der Waals surface area contributed by atoms with Crippen molar-refractivity contribution in [2.45, 2.75) is 25.8 Å². The Morgan fingerprint density at radius 1 is 1.50 bits per heavy atom. The lowest BCUT2D eigenvalue weighted by atomic mass is 10.1. The van der Waals surface area contributed by atoms with Gasteiger partial charge in [-0.05, 0) is 38.0 Å². The normalized spacial score (nSPS) is 16.1. The van der Waals surface area contributed by atoms with Crippen LogP contribution in [0.25, 0.3) is 0 Å². The molecule has 1 aromatic rings. The third-order valence-corrected chi connectivity index (χ3v) is 2.97. The van der Waals surface area contributed by atoms with Crippen molar-refractivity contribution in [3.05, 3.63) is 18.2 Å². The number of amides is 1. The van der Waals surface area contributed by atoms with Gasteiger partial charge in [0, 0.05) is 18.3 Å². The number of benzene rings is 1. The minimum absolute atomic E-state index is 0.0298. The summed E-state index contributed by atoms with van der Waals surface area (Å²) >= 11 is 0. The molecule has 1 aliphatic rings. The molecule has 0 fully saturated rings. The first kappa shape index (κ1) is 12.7. The molecule has 0 aromatic heterocycles. The Hall–Kier alpha value is -1.75. The van der Waals surface area contributed by atoms with Crippen LogP contribution in [-0.4, -0.2) is 25.1 Å². The second kappa shape index (κ2) is 5.27. The van der Waals surface area contributed by atoms with Gasteiger partial charge < -0.3 is 21.1 Å². The van der Waals surface area contributed by atoms with E-state index in [1.807, 2.05) is 6.92 Å². The van der Waals surface area contributed by atoms with Crippen molar-refractivity contribution >= 4 is 17.3 Å². The van der Waals surface area contributed by atoms with Crippen molar-refractivity contribution in [3.63, 3.8) is 0 Å². The zero-order valence-corrected chi connectivity index (χ0v) is 10.6. The van der Waals surface area contributed by atoms with Crippen LogP contribution in [0.5, 0.6) is 5.75 Å². The van der Waals surface area contributed by atoms with E-state index >= 15 is 0 Å². The number of nitrogens with zero attached hydrogens (tertiary/aromatic N) is 1. The number of hydrogen-bond acceptors (Lipinski definition) is 4. The molecule has 1 aliphatic heterocycles. The van der Waals surface area contributed by atoms with Crippen LogP contribution < -0.4 is 21.1 Å². The number of nitrogen functional groups attached to an aromatic ring is 1. The van der Waals surface area contributed by atoms with Gasteiger partial charge in [-0.3, -0.25) is 4.79 Å². The van der Waals surface area contributed by atoms with Crippen LogP contribution in [0.1, 0.15) is 19.8 Å². The summed E-state index contributed by atoms with van der Waals surface area (Å²) in [6.45, 7) is 2.71. The summed E-state index contributed by atoms with van der Waals surface area (Å²) < 4.78 is 5.38. The van der Waals surface area contributed by atoms with Crippen molar-refractivity contribution in [2.24, 2.45) is 5.73 Å². The molecule has 5 nitrogen and oxygen atoms in total. The molecule has 0 saturated carbocycles. The van der Waals surface area contributed by atoms with Gasteiger partial charge in [-0.25, -0.2) is 0 Å². The highest BCUT2D eigenvalue weighted by Crippen LogP contribution is 2.33. The predicted octanol–water partition coefficient (Wildman–Crippen LogP) is 1.12. The number of carbonyl (C=O) groups is 1.